The minimum atomic E-state index is -0.857. The third-order valence-corrected chi connectivity index (χ3v) is 4.41. The predicted octanol–water partition coefficient (Wildman–Crippen LogP) is 1.79. The molecule has 2 heterocycles. The topological polar surface area (TPSA) is 67.9 Å². The summed E-state index contributed by atoms with van der Waals surface area (Å²) in [5.41, 5.74) is -0.857. The number of imide groups is 1. The highest BCUT2D eigenvalue weighted by atomic mass is 16.6. The van der Waals surface area contributed by atoms with Crippen molar-refractivity contribution >= 4 is 11.9 Å². The summed E-state index contributed by atoms with van der Waals surface area (Å²) in [6, 6.07) is 6.99. The van der Waals surface area contributed by atoms with Crippen LogP contribution in [-0.4, -0.2) is 41.6 Å². The first-order valence-electron chi connectivity index (χ1n) is 7.44. The Hall–Kier alpha value is -2.24. The zero-order valence-corrected chi connectivity index (χ0v) is 13.0. The molecule has 0 radical (unpaired) electrons. The number of fused-ring (bicyclic) bond motifs is 1. The van der Waals surface area contributed by atoms with Crippen LogP contribution in [0.4, 0.5) is 4.79 Å². The van der Waals surface area contributed by atoms with Crippen LogP contribution in [-0.2, 0) is 4.79 Å². The van der Waals surface area contributed by atoms with Gasteiger partial charge in [-0.25, -0.2) is 4.79 Å². The number of carbonyl (C=O) groups is 2. The van der Waals surface area contributed by atoms with Gasteiger partial charge in [-0.15, -0.1) is 0 Å². The molecule has 2 unspecified atom stereocenters. The summed E-state index contributed by atoms with van der Waals surface area (Å²) in [5, 5.41) is 2.78. The number of hydrogen-bond acceptors (Lipinski definition) is 4. The Kier molecular flexibility index (Phi) is 3.47. The summed E-state index contributed by atoms with van der Waals surface area (Å²) in [7, 11) is 0. The minimum Gasteiger partial charge on any atom is -0.486 e. The molecule has 118 valence electrons. The molecule has 22 heavy (non-hydrogen) atoms. The summed E-state index contributed by atoms with van der Waals surface area (Å²) in [6.45, 7) is 6.08. The van der Waals surface area contributed by atoms with Gasteiger partial charge in [-0.2, -0.15) is 0 Å². The largest absolute Gasteiger partial charge is 0.486 e. The molecule has 2 aliphatic rings. The number of urea groups is 1. The van der Waals surface area contributed by atoms with Crippen molar-refractivity contribution in [2.24, 2.45) is 5.92 Å². The van der Waals surface area contributed by atoms with Gasteiger partial charge in [0.05, 0.1) is 6.54 Å². The van der Waals surface area contributed by atoms with Gasteiger partial charge in [0.2, 0.25) is 0 Å². The van der Waals surface area contributed by atoms with Crippen LogP contribution in [0.1, 0.15) is 20.8 Å². The van der Waals surface area contributed by atoms with Crippen LogP contribution in [0, 0.1) is 5.92 Å². The second-order valence-corrected chi connectivity index (χ2v) is 6.20. The van der Waals surface area contributed by atoms with E-state index in [9.17, 15) is 9.59 Å². The van der Waals surface area contributed by atoms with E-state index in [0.717, 1.165) is 0 Å². The van der Waals surface area contributed by atoms with E-state index in [1.165, 1.54) is 4.90 Å². The van der Waals surface area contributed by atoms with Crippen molar-refractivity contribution in [3.8, 4) is 11.5 Å². The second kappa shape index (κ2) is 5.19. The Morgan fingerprint density at radius 3 is 2.64 bits per heavy atom. The molecule has 3 rings (SSSR count). The molecule has 0 aliphatic carbocycles. The van der Waals surface area contributed by atoms with Crippen molar-refractivity contribution in [3.05, 3.63) is 24.3 Å². The smallest absolute Gasteiger partial charge is 0.325 e. The predicted molar refractivity (Wildman–Crippen MR) is 79.8 cm³/mol. The van der Waals surface area contributed by atoms with Crippen molar-refractivity contribution in [1.29, 1.82) is 0 Å². The van der Waals surface area contributed by atoms with Crippen molar-refractivity contribution in [3.63, 3.8) is 0 Å². The van der Waals surface area contributed by atoms with Crippen molar-refractivity contribution < 1.29 is 19.1 Å². The van der Waals surface area contributed by atoms with Crippen LogP contribution in [0.2, 0.25) is 0 Å². The van der Waals surface area contributed by atoms with E-state index in [-0.39, 0.29) is 30.5 Å². The number of nitrogens with zero attached hydrogens (tertiary/aromatic N) is 1. The number of rotatable bonds is 3. The summed E-state index contributed by atoms with van der Waals surface area (Å²) in [6.07, 6.45) is -0.362. The molecule has 6 nitrogen and oxygen atoms in total. The Bertz CT molecular complexity index is 616. The maximum atomic E-state index is 12.5. The molecule has 0 spiro atoms. The monoisotopic (exact) mass is 304 g/mol. The van der Waals surface area contributed by atoms with Gasteiger partial charge in [0.25, 0.3) is 5.91 Å². The molecule has 0 bridgehead atoms. The Morgan fingerprint density at radius 1 is 1.32 bits per heavy atom. The van der Waals surface area contributed by atoms with Crippen molar-refractivity contribution in [1.82, 2.24) is 10.2 Å². The van der Waals surface area contributed by atoms with Gasteiger partial charge in [-0.1, -0.05) is 26.0 Å². The Morgan fingerprint density at radius 2 is 2.00 bits per heavy atom. The van der Waals surface area contributed by atoms with E-state index in [0.29, 0.717) is 18.1 Å². The van der Waals surface area contributed by atoms with E-state index < -0.39 is 5.54 Å². The number of carbonyl (C=O) groups excluding carboxylic acids is 2. The van der Waals surface area contributed by atoms with Gasteiger partial charge in [-0.3, -0.25) is 9.69 Å². The normalized spacial score (nSPS) is 27.3. The molecule has 1 fully saturated rings. The molecule has 3 amide bonds. The van der Waals surface area contributed by atoms with Gasteiger partial charge >= 0.3 is 6.03 Å². The lowest BCUT2D eigenvalue weighted by atomic mass is 9.88. The molecule has 1 N–H and O–H groups in total. The van der Waals surface area contributed by atoms with Gasteiger partial charge in [0.1, 0.15) is 12.1 Å². The lowest BCUT2D eigenvalue weighted by Gasteiger charge is -2.29. The summed E-state index contributed by atoms with van der Waals surface area (Å²) >= 11 is 0. The van der Waals surface area contributed by atoms with E-state index in [2.05, 4.69) is 5.32 Å². The van der Waals surface area contributed by atoms with Crippen LogP contribution in [0.3, 0.4) is 0 Å². The van der Waals surface area contributed by atoms with E-state index in [4.69, 9.17) is 9.47 Å². The molecule has 6 heteroatoms. The number of ether oxygens (including phenoxy) is 2. The molecule has 2 atom stereocenters. The van der Waals surface area contributed by atoms with Crippen LogP contribution in [0.25, 0.3) is 0 Å². The molecule has 0 saturated carbocycles. The number of benzene rings is 1. The van der Waals surface area contributed by atoms with E-state index in [1.807, 2.05) is 38.1 Å². The standard InChI is InChI=1S/C16H20N2O4/c1-10(2)16(3)14(19)18(15(20)17-16)8-11-9-21-12-6-4-5-7-13(12)22-11/h4-7,10-11H,8-9H2,1-3H3,(H,17,20). The highest BCUT2D eigenvalue weighted by Gasteiger charge is 2.50. The summed E-state index contributed by atoms with van der Waals surface area (Å²) in [5.74, 6) is 1.12. The lowest BCUT2D eigenvalue weighted by molar-refractivity contribution is -0.133. The van der Waals surface area contributed by atoms with Crippen LogP contribution in [0.5, 0.6) is 11.5 Å². The van der Waals surface area contributed by atoms with Crippen LogP contribution in [0.15, 0.2) is 24.3 Å². The zero-order chi connectivity index (χ0) is 15.9. The fourth-order valence-electron chi connectivity index (χ4n) is 2.63. The number of nitrogens with one attached hydrogen (secondary N) is 1. The molecule has 1 aromatic rings. The average Bonchev–Trinajstić information content (AvgIpc) is 2.72. The summed E-state index contributed by atoms with van der Waals surface area (Å²) in [4.78, 5) is 25.9. The van der Waals surface area contributed by atoms with Crippen LogP contribution >= 0.6 is 0 Å². The Labute approximate surface area is 129 Å². The van der Waals surface area contributed by atoms with Crippen molar-refractivity contribution in [2.75, 3.05) is 13.2 Å². The SMILES string of the molecule is CC(C)C1(C)NC(=O)N(CC2COc3ccccc3O2)C1=O. The van der Waals surface area contributed by atoms with E-state index >= 15 is 0 Å². The third kappa shape index (κ3) is 2.28. The maximum absolute atomic E-state index is 12.5. The van der Waals surface area contributed by atoms with Crippen molar-refractivity contribution in [2.45, 2.75) is 32.4 Å². The molecule has 0 aromatic heterocycles. The van der Waals surface area contributed by atoms with Gasteiger partial charge in [0, 0.05) is 0 Å². The van der Waals surface area contributed by atoms with E-state index in [1.54, 1.807) is 6.92 Å². The third-order valence-electron chi connectivity index (χ3n) is 4.41. The number of hydrogen-bond donors (Lipinski definition) is 1. The highest BCUT2D eigenvalue weighted by molar-refractivity contribution is 6.07. The minimum absolute atomic E-state index is 0.0122. The highest BCUT2D eigenvalue weighted by Crippen LogP contribution is 2.32. The fraction of sp³-hybridized carbons (Fsp3) is 0.500. The molecule has 1 aromatic carbocycles. The first-order chi connectivity index (χ1) is 10.4. The maximum Gasteiger partial charge on any atom is 0.325 e. The Balaban J connectivity index is 1.72. The number of amides is 3. The quantitative estimate of drug-likeness (QED) is 0.865. The first kappa shape index (κ1) is 14.7. The second-order valence-electron chi connectivity index (χ2n) is 6.20. The van der Waals surface area contributed by atoms with Gasteiger partial charge < -0.3 is 14.8 Å². The van der Waals surface area contributed by atoms with Gasteiger partial charge in [0.15, 0.2) is 17.6 Å². The molecular weight excluding hydrogens is 284 g/mol. The zero-order valence-electron chi connectivity index (χ0n) is 13.0. The van der Waals surface area contributed by atoms with Gasteiger partial charge in [-0.05, 0) is 25.0 Å². The molecule has 2 aliphatic heterocycles. The average molecular weight is 304 g/mol. The number of para-hydroxylation sites is 2. The lowest BCUT2D eigenvalue weighted by Crippen LogP contribution is -2.49. The van der Waals surface area contributed by atoms with Crippen LogP contribution < -0.4 is 14.8 Å². The molecule has 1 saturated heterocycles. The molecular formula is C16H20N2O4. The fourth-order valence-corrected chi connectivity index (χ4v) is 2.63. The summed E-state index contributed by atoms with van der Waals surface area (Å²) < 4.78 is 11.4. The first-order valence-corrected chi connectivity index (χ1v) is 7.44.